The summed E-state index contributed by atoms with van der Waals surface area (Å²) >= 11 is 0. The molecule has 2 atom stereocenters. The number of aromatic amines is 2. The second-order valence-electron chi connectivity index (χ2n) is 14.3. The van der Waals surface area contributed by atoms with E-state index >= 15 is 0 Å². The van der Waals surface area contributed by atoms with Crippen molar-refractivity contribution in [2.75, 3.05) is 6.54 Å². The second-order valence-corrected chi connectivity index (χ2v) is 14.3. The van der Waals surface area contributed by atoms with Crippen LogP contribution >= 0.6 is 0 Å². The van der Waals surface area contributed by atoms with Crippen LogP contribution in [0.25, 0.3) is 22.1 Å². The maximum absolute atomic E-state index is 14.0. The van der Waals surface area contributed by atoms with Crippen molar-refractivity contribution in [1.82, 2.24) is 24.8 Å². The van der Waals surface area contributed by atoms with Crippen LogP contribution < -0.4 is 0 Å². The Bertz CT molecular complexity index is 1710. The van der Waals surface area contributed by atoms with Gasteiger partial charge in [-0.25, -0.2) is 9.97 Å². The standard InChI is InChI=1S/C39H53N7O6/c1-2-3-4-5-6-7-8-9-10-11-12-13-14-15-16-17-25-44-34(36(47)38-40-30-23-21-28(45(49)50)26-32(30)42-38)19-18-20-35(44)37(48)39-41-31-24-22-29(46(51)52)27-33(31)43-39/h21-24,26-27,34-35H,2-20,25H2,1H3,(H,40,42)(H,41,43). The normalized spacial score (nSPS) is 16.5. The second kappa shape index (κ2) is 19.4. The van der Waals surface area contributed by atoms with Gasteiger partial charge in [-0.1, -0.05) is 103 Å². The molecule has 2 aromatic carbocycles. The van der Waals surface area contributed by atoms with Gasteiger partial charge in [-0.15, -0.1) is 0 Å². The van der Waals surface area contributed by atoms with Gasteiger partial charge in [0.05, 0.1) is 44.0 Å². The molecular weight excluding hydrogens is 662 g/mol. The van der Waals surface area contributed by atoms with E-state index in [1.165, 1.54) is 120 Å². The molecule has 0 spiro atoms. The number of hydrogen-bond donors (Lipinski definition) is 2. The monoisotopic (exact) mass is 715 g/mol. The van der Waals surface area contributed by atoms with Gasteiger partial charge in [0.15, 0.2) is 11.6 Å². The average Bonchev–Trinajstić information content (AvgIpc) is 3.78. The number of carbonyl (C=O) groups excluding carboxylic acids is 2. The summed E-state index contributed by atoms with van der Waals surface area (Å²) in [7, 11) is 0. The van der Waals surface area contributed by atoms with Crippen LogP contribution in [0, 0.1) is 20.2 Å². The molecule has 0 radical (unpaired) electrons. The molecule has 13 heteroatoms. The minimum Gasteiger partial charge on any atom is -0.335 e. The molecule has 2 aromatic heterocycles. The number of non-ortho nitro benzene ring substituents is 2. The lowest BCUT2D eigenvalue weighted by Gasteiger charge is -2.40. The van der Waals surface area contributed by atoms with E-state index in [2.05, 4.69) is 26.9 Å². The number of H-pyrrole nitrogens is 2. The number of rotatable bonds is 23. The molecule has 0 amide bonds. The fraction of sp³-hybridized carbons (Fsp3) is 0.590. The van der Waals surface area contributed by atoms with E-state index in [9.17, 15) is 29.8 Å². The van der Waals surface area contributed by atoms with Crippen molar-refractivity contribution in [3.8, 4) is 0 Å². The van der Waals surface area contributed by atoms with Gasteiger partial charge < -0.3 is 9.97 Å². The molecule has 52 heavy (non-hydrogen) atoms. The number of nitro groups is 2. The molecule has 4 aromatic rings. The lowest BCUT2D eigenvalue weighted by Crippen LogP contribution is -2.54. The SMILES string of the molecule is CCCCCCCCCCCCCCCCCCN1C(C(=O)c2nc3ccc([N+](=O)[O-])cc3[nH]2)CCCC1C(=O)c1nc2ccc([N+](=O)[O-])cc2[nH]1. The number of unbranched alkanes of at least 4 members (excludes halogenated alkanes) is 15. The molecule has 13 nitrogen and oxygen atoms in total. The molecule has 2 N–H and O–H groups in total. The third-order valence-corrected chi connectivity index (χ3v) is 10.5. The number of nitro benzene ring substituents is 2. The van der Waals surface area contributed by atoms with Crippen LogP contribution in [0.2, 0.25) is 0 Å². The number of imidazole rings is 2. The van der Waals surface area contributed by atoms with E-state index in [0.29, 0.717) is 47.9 Å². The highest BCUT2D eigenvalue weighted by Gasteiger charge is 2.40. The van der Waals surface area contributed by atoms with E-state index < -0.39 is 21.9 Å². The Balaban J connectivity index is 1.18. The highest BCUT2D eigenvalue weighted by atomic mass is 16.6. The first-order chi connectivity index (χ1) is 25.3. The summed E-state index contributed by atoms with van der Waals surface area (Å²) in [5.74, 6) is -0.288. The number of Topliss-reactive ketones (excluding diaryl/α,β-unsaturated/α-hetero) is 2. The molecule has 5 rings (SSSR count). The van der Waals surface area contributed by atoms with E-state index in [1.807, 2.05) is 4.90 Å². The van der Waals surface area contributed by atoms with Crippen LogP contribution in [0.4, 0.5) is 11.4 Å². The lowest BCUT2D eigenvalue weighted by molar-refractivity contribution is -0.384. The molecule has 2 unspecified atom stereocenters. The molecule has 3 heterocycles. The first kappa shape index (κ1) is 38.7. The van der Waals surface area contributed by atoms with Crippen LogP contribution in [0.3, 0.4) is 0 Å². The number of benzene rings is 2. The number of aromatic nitrogens is 4. The van der Waals surface area contributed by atoms with Crippen molar-refractivity contribution < 1.29 is 19.4 Å². The number of likely N-dealkylation sites (tertiary alicyclic amines) is 1. The van der Waals surface area contributed by atoms with E-state index in [-0.39, 0.29) is 34.6 Å². The Kier molecular flexibility index (Phi) is 14.4. The fourth-order valence-corrected chi connectivity index (χ4v) is 7.54. The van der Waals surface area contributed by atoms with Gasteiger partial charge in [0.1, 0.15) is 0 Å². The molecule has 1 aliphatic rings. The van der Waals surface area contributed by atoms with Crippen molar-refractivity contribution in [1.29, 1.82) is 0 Å². The van der Waals surface area contributed by atoms with Gasteiger partial charge in [0.25, 0.3) is 11.4 Å². The molecule has 0 aliphatic carbocycles. The zero-order valence-electron chi connectivity index (χ0n) is 30.4. The number of carbonyl (C=O) groups is 2. The summed E-state index contributed by atoms with van der Waals surface area (Å²) in [4.78, 5) is 66.6. The lowest BCUT2D eigenvalue weighted by atomic mass is 9.89. The highest BCUT2D eigenvalue weighted by Crippen LogP contribution is 2.30. The molecule has 1 aliphatic heterocycles. The molecule has 0 bridgehead atoms. The van der Waals surface area contributed by atoms with Crippen LogP contribution in [0.1, 0.15) is 150 Å². The zero-order chi connectivity index (χ0) is 36.9. The Morgan fingerprint density at radius 1 is 0.654 bits per heavy atom. The third-order valence-electron chi connectivity index (χ3n) is 10.5. The third kappa shape index (κ3) is 10.3. The van der Waals surface area contributed by atoms with E-state index in [1.54, 1.807) is 0 Å². The Labute approximate surface area is 304 Å². The van der Waals surface area contributed by atoms with Gasteiger partial charge >= 0.3 is 0 Å². The van der Waals surface area contributed by atoms with E-state index in [4.69, 9.17) is 0 Å². The van der Waals surface area contributed by atoms with Crippen LogP contribution in [-0.2, 0) is 0 Å². The van der Waals surface area contributed by atoms with Gasteiger partial charge in [-0.05, 0) is 44.4 Å². The summed E-state index contributed by atoms with van der Waals surface area (Å²) in [5, 5.41) is 22.6. The van der Waals surface area contributed by atoms with Crippen molar-refractivity contribution in [2.45, 2.75) is 141 Å². The fourth-order valence-electron chi connectivity index (χ4n) is 7.54. The first-order valence-electron chi connectivity index (χ1n) is 19.4. The number of piperidine rings is 1. The number of nitrogens with zero attached hydrogens (tertiary/aromatic N) is 5. The number of nitrogens with one attached hydrogen (secondary N) is 2. The minimum absolute atomic E-state index is 0.0974. The van der Waals surface area contributed by atoms with Gasteiger partial charge in [-0.3, -0.25) is 34.7 Å². The summed E-state index contributed by atoms with van der Waals surface area (Å²) in [6.07, 6.45) is 21.7. The summed E-state index contributed by atoms with van der Waals surface area (Å²) in [6.45, 7) is 2.80. The maximum Gasteiger partial charge on any atom is 0.271 e. The van der Waals surface area contributed by atoms with Crippen LogP contribution in [-0.4, -0.2) is 64.9 Å². The molecular formula is C39H53N7O6. The van der Waals surface area contributed by atoms with E-state index in [0.717, 1.165) is 19.3 Å². The van der Waals surface area contributed by atoms with Gasteiger partial charge in [-0.2, -0.15) is 0 Å². The molecule has 1 fully saturated rings. The Morgan fingerprint density at radius 3 is 1.42 bits per heavy atom. The Morgan fingerprint density at radius 2 is 1.04 bits per heavy atom. The zero-order valence-corrected chi connectivity index (χ0v) is 30.4. The van der Waals surface area contributed by atoms with Crippen LogP contribution in [0.15, 0.2) is 36.4 Å². The van der Waals surface area contributed by atoms with Crippen LogP contribution in [0.5, 0.6) is 0 Å². The molecule has 280 valence electrons. The topological polar surface area (TPSA) is 181 Å². The maximum atomic E-state index is 14.0. The summed E-state index contributed by atoms with van der Waals surface area (Å²) in [6, 6.07) is 7.28. The predicted octanol–water partition coefficient (Wildman–Crippen LogP) is 9.81. The molecule has 0 saturated carbocycles. The van der Waals surface area contributed by atoms with Crippen molar-refractivity contribution in [3.05, 3.63) is 68.3 Å². The van der Waals surface area contributed by atoms with Gasteiger partial charge in [0, 0.05) is 24.3 Å². The number of ketones is 2. The van der Waals surface area contributed by atoms with Crippen molar-refractivity contribution in [2.24, 2.45) is 0 Å². The van der Waals surface area contributed by atoms with Gasteiger partial charge in [0.2, 0.25) is 11.6 Å². The quantitative estimate of drug-likeness (QED) is 0.0327. The predicted molar refractivity (Wildman–Crippen MR) is 202 cm³/mol. The van der Waals surface area contributed by atoms with Crippen molar-refractivity contribution >= 4 is 45.0 Å². The van der Waals surface area contributed by atoms with Crippen molar-refractivity contribution in [3.63, 3.8) is 0 Å². The summed E-state index contributed by atoms with van der Waals surface area (Å²) in [5.41, 5.74) is 1.53. The highest BCUT2D eigenvalue weighted by molar-refractivity contribution is 6.02. The smallest absolute Gasteiger partial charge is 0.271 e. The Hall–Kier alpha value is -4.52. The number of fused-ring (bicyclic) bond motifs is 2. The number of hydrogen-bond acceptors (Lipinski definition) is 9. The minimum atomic E-state index is -0.611. The average molecular weight is 716 g/mol. The first-order valence-corrected chi connectivity index (χ1v) is 19.4. The largest absolute Gasteiger partial charge is 0.335 e. The summed E-state index contributed by atoms with van der Waals surface area (Å²) < 4.78 is 0. The molecule has 1 saturated heterocycles.